The highest BCUT2D eigenvalue weighted by Crippen LogP contribution is 2.41. The van der Waals surface area contributed by atoms with Crippen molar-refractivity contribution in [3.8, 4) is 12.3 Å². The van der Waals surface area contributed by atoms with Gasteiger partial charge in [0, 0.05) is 12.8 Å². The van der Waals surface area contributed by atoms with Gasteiger partial charge in [0.2, 0.25) is 0 Å². The number of terminal acetylenes is 1. The lowest BCUT2D eigenvalue weighted by atomic mass is 9.66. The molecule has 1 aliphatic carbocycles. The van der Waals surface area contributed by atoms with Crippen LogP contribution in [-0.2, 0) is 10.2 Å². The van der Waals surface area contributed by atoms with Gasteiger partial charge in [-0.05, 0) is 24.8 Å². The topological polar surface area (TPSA) is 17.1 Å². The van der Waals surface area contributed by atoms with Crippen molar-refractivity contribution in [2.45, 2.75) is 56.8 Å². The number of hydrogen-bond acceptors (Lipinski definition) is 1. The Kier molecular flexibility index (Phi) is 4.80. The van der Waals surface area contributed by atoms with Crippen LogP contribution in [0.5, 0.6) is 0 Å². The van der Waals surface area contributed by atoms with E-state index in [-0.39, 0.29) is 5.41 Å². The minimum atomic E-state index is -0.228. The summed E-state index contributed by atoms with van der Waals surface area (Å²) >= 11 is 0. The standard InChI is InChI=1S/C18H22O/c1-2-3-6-13-17(19)18(14-9-5-10-15-18)16-11-7-4-8-12-16/h1,4,7-8,11-12H,3,5-6,9-10,13-15H2. The molecule has 0 unspecified atom stereocenters. The van der Waals surface area contributed by atoms with Crippen LogP contribution in [0.2, 0.25) is 0 Å². The van der Waals surface area contributed by atoms with Crippen LogP contribution in [0.4, 0.5) is 0 Å². The largest absolute Gasteiger partial charge is 0.299 e. The first-order valence-corrected chi connectivity index (χ1v) is 7.32. The van der Waals surface area contributed by atoms with E-state index in [9.17, 15) is 4.79 Å². The Morgan fingerprint density at radius 2 is 1.84 bits per heavy atom. The van der Waals surface area contributed by atoms with Crippen LogP contribution in [0, 0.1) is 12.3 Å². The molecule has 0 saturated heterocycles. The first-order chi connectivity index (χ1) is 9.29. The fourth-order valence-corrected chi connectivity index (χ4v) is 3.23. The van der Waals surface area contributed by atoms with Crippen LogP contribution in [0.25, 0.3) is 0 Å². The average molecular weight is 254 g/mol. The second kappa shape index (κ2) is 6.57. The number of Topliss-reactive ketones (excluding diaryl/α,β-unsaturated/α-hetero) is 1. The SMILES string of the molecule is C#CCCCC(=O)C1(c2ccccc2)CCCCC1. The quantitative estimate of drug-likeness (QED) is 0.567. The lowest BCUT2D eigenvalue weighted by molar-refractivity contribution is -0.126. The van der Waals surface area contributed by atoms with Crippen molar-refractivity contribution in [1.29, 1.82) is 0 Å². The molecule has 19 heavy (non-hydrogen) atoms. The van der Waals surface area contributed by atoms with Gasteiger partial charge in [-0.2, -0.15) is 0 Å². The molecule has 1 fully saturated rings. The summed E-state index contributed by atoms with van der Waals surface area (Å²) in [7, 11) is 0. The Hall–Kier alpha value is -1.55. The van der Waals surface area contributed by atoms with E-state index in [1.54, 1.807) is 0 Å². The Labute approximate surface area is 116 Å². The van der Waals surface area contributed by atoms with Crippen molar-refractivity contribution in [2.24, 2.45) is 0 Å². The van der Waals surface area contributed by atoms with Crippen molar-refractivity contribution in [3.63, 3.8) is 0 Å². The highest BCUT2D eigenvalue weighted by molar-refractivity contribution is 5.90. The summed E-state index contributed by atoms with van der Waals surface area (Å²) in [5, 5.41) is 0. The highest BCUT2D eigenvalue weighted by Gasteiger charge is 2.39. The van der Waals surface area contributed by atoms with E-state index in [4.69, 9.17) is 6.42 Å². The van der Waals surface area contributed by atoms with Crippen LogP contribution < -0.4 is 0 Å². The number of benzene rings is 1. The molecule has 0 atom stereocenters. The van der Waals surface area contributed by atoms with E-state index in [0.717, 1.165) is 32.1 Å². The fraction of sp³-hybridized carbons (Fsp3) is 0.500. The van der Waals surface area contributed by atoms with Crippen molar-refractivity contribution in [2.75, 3.05) is 0 Å². The number of carbonyl (C=O) groups excluding carboxylic acids is 1. The molecule has 0 aliphatic heterocycles. The third kappa shape index (κ3) is 3.07. The number of unbranched alkanes of at least 4 members (excludes halogenated alkanes) is 1. The molecule has 0 heterocycles. The summed E-state index contributed by atoms with van der Waals surface area (Å²) in [6.45, 7) is 0. The van der Waals surface area contributed by atoms with Crippen molar-refractivity contribution >= 4 is 5.78 Å². The number of ketones is 1. The summed E-state index contributed by atoms with van der Waals surface area (Å²) in [6.07, 6.45) is 13.0. The van der Waals surface area contributed by atoms with Crippen LogP contribution >= 0.6 is 0 Å². The molecule has 100 valence electrons. The van der Waals surface area contributed by atoms with Crippen LogP contribution in [0.15, 0.2) is 30.3 Å². The summed E-state index contributed by atoms with van der Waals surface area (Å²) in [5.41, 5.74) is 0.981. The predicted octanol–water partition coefficient (Wildman–Crippen LogP) is 4.26. The van der Waals surface area contributed by atoms with Crippen molar-refractivity contribution < 1.29 is 4.79 Å². The maximum Gasteiger partial charge on any atom is 0.143 e. The zero-order valence-electron chi connectivity index (χ0n) is 11.5. The van der Waals surface area contributed by atoms with Gasteiger partial charge in [-0.15, -0.1) is 12.3 Å². The van der Waals surface area contributed by atoms with Crippen molar-refractivity contribution in [1.82, 2.24) is 0 Å². The minimum Gasteiger partial charge on any atom is -0.299 e. The molecule has 1 aromatic rings. The fourth-order valence-electron chi connectivity index (χ4n) is 3.23. The van der Waals surface area contributed by atoms with E-state index in [2.05, 4.69) is 18.1 Å². The Morgan fingerprint density at radius 3 is 2.47 bits per heavy atom. The Morgan fingerprint density at radius 1 is 1.16 bits per heavy atom. The van der Waals surface area contributed by atoms with E-state index in [1.165, 1.54) is 12.0 Å². The first kappa shape index (κ1) is 13.9. The van der Waals surface area contributed by atoms with Gasteiger partial charge in [0.05, 0.1) is 5.41 Å². The van der Waals surface area contributed by atoms with Crippen LogP contribution in [-0.4, -0.2) is 5.78 Å². The minimum absolute atomic E-state index is 0.228. The molecule has 0 amide bonds. The highest BCUT2D eigenvalue weighted by atomic mass is 16.1. The van der Waals surface area contributed by atoms with Gasteiger partial charge in [0.1, 0.15) is 5.78 Å². The normalized spacial score (nSPS) is 17.6. The smallest absolute Gasteiger partial charge is 0.143 e. The molecule has 0 spiro atoms. The zero-order chi connectivity index (χ0) is 13.6. The van der Waals surface area contributed by atoms with Crippen molar-refractivity contribution in [3.05, 3.63) is 35.9 Å². The molecule has 0 bridgehead atoms. The maximum atomic E-state index is 12.7. The Balaban J connectivity index is 2.20. The molecule has 1 aliphatic rings. The summed E-state index contributed by atoms with van der Waals surface area (Å²) in [6, 6.07) is 10.3. The molecule has 1 saturated carbocycles. The molecular weight excluding hydrogens is 232 g/mol. The summed E-state index contributed by atoms with van der Waals surface area (Å²) in [4.78, 5) is 12.7. The first-order valence-electron chi connectivity index (χ1n) is 7.32. The lowest BCUT2D eigenvalue weighted by Crippen LogP contribution is -2.37. The number of hydrogen-bond donors (Lipinski definition) is 0. The molecule has 1 heteroatoms. The third-order valence-electron chi connectivity index (χ3n) is 4.29. The average Bonchev–Trinajstić information content (AvgIpc) is 2.49. The molecule has 0 radical (unpaired) electrons. The predicted molar refractivity (Wildman–Crippen MR) is 78.9 cm³/mol. The van der Waals surface area contributed by atoms with E-state index < -0.39 is 0 Å². The number of rotatable bonds is 5. The van der Waals surface area contributed by atoms with Gasteiger partial charge < -0.3 is 0 Å². The van der Waals surface area contributed by atoms with E-state index in [0.29, 0.717) is 18.6 Å². The molecular formula is C18H22O. The molecule has 1 nitrogen and oxygen atoms in total. The third-order valence-corrected chi connectivity index (χ3v) is 4.29. The summed E-state index contributed by atoms with van der Waals surface area (Å²) in [5.74, 6) is 3.02. The lowest BCUT2D eigenvalue weighted by Gasteiger charge is -2.36. The zero-order valence-corrected chi connectivity index (χ0v) is 11.5. The molecule has 1 aromatic carbocycles. The molecule has 0 N–H and O–H groups in total. The van der Waals surface area contributed by atoms with Gasteiger partial charge in [-0.1, -0.05) is 49.6 Å². The monoisotopic (exact) mass is 254 g/mol. The van der Waals surface area contributed by atoms with Crippen LogP contribution in [0.3, 0.4) is 0 Å². The second-order valence-corrected chi connectivity index (χ2v) is 5.49. The molecule has 0 aromatic heterocycles. The molecule has 2 rings (SSSR count). The van der Waals surface area contributed by atoms with Gasteiger partial charge in [0.25, 0.3) is 0 Å². The van der Waals surface area contributed by atoms with Gasteiger partial charge >= 0.3 is 0 Å². The second-order valence-electron chi connectivity index (χ2n) is 5.49. The maximum absolute atomic E-state index is 12.7. The van der Waals surface area contributed by atoms with E-state index in [1.807, 2.05) is 18.2 Å². The summed E-state index contributed by atoms with van der Waals surface area (Å²) < 4.78 is 0. The van der Waals surface area contributed by atoms with Gasteiger partial charge in [0.15, 0.2) is 0 Å². The Bertz CT molecular complexity index is 446. The number of carbonyl (C=O) groups is 1. The van der Waals surface area contributed by atoms with Gasteiger partial charge in [-0.3, -0.25) is 4.79 Å². The van der Waals surface area contributed by atoms with Gasteiger partial charge in [-0.25, -0.2) is 0 Å². The van der Waals surface area contributed by atoms with Crippen LogP contribution in [0.1, 0.15) is 56.9 Å². The van der Waals surface area contributed by atoms with E-state index >= 15 is 0 Å².